The van der Waals surface area contributed by atoms with Crippen LogP contribution in [0.25, 0.3) is 0 Å². The highest BCUT2D eigenvalue weighted by molar-refractivity contribution is 7.11. The second-order valence-electron chi connectivity index (χ2n) is 3.74. The quantitative estimate of drug-likeness (QED) is 0.746. The Bertz CT molecular complexity index is 329. The van der Waals surface area contributed by atoms with E-state index in [1.165, 1.54) is 4.88 Å². The molecule has 2 nitrogen and oxygen atoms in total. The van der Waals surface area contributed by atoms with E-state index in [-0.39, 0.29) is 11.7 Å². The average molecular weight is 246 g/mol. The summed E-state index contributed by atoms with van der Waals surface area (Å²) < 4.78 is 0. The largest absolute Gasteiger partial charge is 0.300 e. The van der Waals surface area contributed by atoms with Crippen LogP contribution in [-0.2, 0) is 11.2 Å². The van der Waals surface area contributed by atoms with Crippen molar-refractivity contribution in [3.8, 4) is 0 Å². The fourth-order valence-corrected chi connectivity index (χ4v) is 2.70. The second-order valence-corrected chi connectivity index (χ2v) is 5.40. The van der Waals surface area contributed by atoms with E-state index in [1.807, 2.05) is 6.92 Å². The number of thiazole rings is 1. The number of hydrogen-bond donors (Lipinski definition) is 0. The molecule has 1 heterocycles. The van der Waals surface area contributed by atoms with Gasteiger partial charge in [0, 0.05) is 23.1 Å². The van der Waals surface area contributed by atoms with Gasteiger partial charge in [-0.15, -0.1) is 22.9 Å². The Balaban J connectivity index is 2.69. The molecule has 0 radical (unpaired) electrons. The molecule has 0 fully saturated rings. The topological polar surface area (TPSA) is 30.0 Å². The normalized spacial score (nSPS) is 12.8. The highest BCUT2D eigenvalue weighted by Crippen LogP contribution is 2.21. The predicted molar refractivity (Wildman–Crippen MR) is 64.8 cm³/mol. The van der Waals surface area contributed by atoms with Crippen molar-refractivity contribution in [1.82, 2.24) is 4.98 Å². The zero-order valence-electron chi connectivity index (χ0n) is 9.34. The number of hydrogen-bond acceptors (Lipinski definition) is 3. The summed E-state index contributed by atoms with van der Waals surface area (Å²) in [6, 6.07) is 0. The van der Waals surface area contributed by atoms with Gasteiger partial charge in [0.25, 0.3) is 0 Å². The van der Waals surface area contributed by atoms with Gasteiger partial charge >= 0.3 is 0 Å². The molecule has 0 amide bonds. The molecule has 15 heavy (non-hydrogen) atoms. The van der Waals surface area contributed by atoms with E-state index in [9.17, 15) is 4.79 Å². The number of alkyl halides is 1. The van der Waals surface area contributed by atoms with Crippen molar-refractivity contribution < 1.29 is 4.79 Å². The molecule has 1 rings (SSSR count). The van der Waals surface area contributed by atoms with Gasteiger partial charge in [0.2, 0.25) is 0 Å². The lowest BCUT2D eigenvalue weighted by atomic mass is 9.99. The van der Waals surface area contributed by atoms with Crippen LogP contribution in [0, 0.1) is 19.8 Å². The number of aromatic nitrogens is 1. The molecule has 0 aliphatic heterocycles. The van der Waals surface area contributed by atoms with Gasteiger partial charge in [0.05, 0.1) is 10.7 Å². The maximum atomic E-state index is 11.3. The average Bonchev–Trinajstić information content (AvgIpc) is 2.45. The van der Waals surface area contributed by atoms with Gasteiger partial charge in [-0.25, -0.2) is 4.98 Å². The van der Waals surface area contributed by atoms with Crippen LogP contribution in [0.5, 0.6) is 0 Å². The molecule has 1 atom stereocenters. The molecule has 1 unspecified atom stereocenters. The molecule has 0 bridgehead atoms. The lowest BCUT2D eigenvalue weighted by Gasteiger charge is -2.09. The number of rotatable bonds is 5. The Morgan fingerprint density at radius 1 is 1.53 bits per heavy atom. The van der Waals surface area contributed by atoms with Gasteiger partial charge in [-0.05, 0) is 27.2 Å². The van der Waals surface area contributed by atoms with E-state index in [2.05, 4.69) is 11.9 Å². The number of aryl methyl sites for hydroxylation is 2. The number of halogens is 1. The molecule has 0 saturated carbocycles. The summed E-state index contributed by atoms with van der Waals surface area (Å²) in [7, 11) is 0. The smallest absolute Gasteiger partial charge is 0.133 e. The lowest BCUT2D eigenvalue weighted by molar-refractivity contribution is -0.120. The number of carbonyl (C=O) groups is 1. The van der Waals surface area contributed by atoms with Crippen LogP contribution in [0.3, 0.4) is 0 Å². The third-order valence-electron chi connectivity index (χ3n) is 2.53. The standard InChI is InChI=1S/C11H16ClNOS/c1-7-9(3)15-11(13-7)6-10(4-5-12)8(2)14/h10H,4-6H2,1-3H3. The first-order chi connectivity index (χ1) is 7.04. The molecule has 4 heteroatoms. The van der Waals surface area contributed by atoms with Gasteiger partial charge in [-0.2, -0.15) is 0 Å². The third kappa shape index (κ3) is 3.58. The minimum Gasteiger partial charge on any atom is -0.300 e. The van der Waals surface area contributed by atoms with Gasteiger partial charge in [-0.3, -0.25) is 4.79 Å². The minimum atomic E-state index is 0.0347. The molecule has 0 spiro atoms. The van der Waals surface area contributed by atoms with Crippen molar-refractivity contribution in [2.24, 2.45) is 5.92 Å². The molecule has 0 aliphatic carbocycles. The fourth-order valence-electron chi connectivity index (χ4n) is 1.42. The van der Waals surface area contributed by atoms with Crippen molar-refractivity contribution in [3.05, 3.63) is 15.6 Å². The first kappa shape index (κ1) is 12.7. The summed E-state index contributed by atoms with van der Waals surface area (Å²) in [5, 5.41) is 1.05. The maximum absolute atomic E-state index is 11.3. The van der Waals surface area contributed by atoms with Crippen LogP contribution in [0.4, 0.5) is 0 Å². The molecule has 1 aromatic heterocycles. The molecular formula is C11H16ClNOS. The van der Waals surface area contributed by atoms with Crippen molar-refractivity contribution >= 4 is 28.7 Å². The van der Waals surface area contributed by atoms with Gasteiger partial charge < -0.3 is 0 Å². The maximum Gasteiger partial charge on any atom is 0.133 e. The molecule has 1 aromatic rings. The summed E-state index contributed by atoms with van der Waals surface area (Å²) in [5.41, 5.74) is 1.07. The van der Waals surface area contributed by atoms with Crippen LogP contribution < -0.4 is 0 Å². The third-order valence-corrected chi connectivity index (χ3v) is 3.84. The summed E-state index contributed by atoms with van der Waals surface area (Å²) in [6.07, 6.45) is 1.48. The van der Waals surface area contributed by atoms with Gasteiger partial charge in [0.1, 0.15) is 5.78 Å². The first-order valence-electron chi connectivity index (χ1n) is 5.04. The molecule has 0 aromatic carbocycles. The van der Waals surface area contributed by atoms with Crippen LogP contribution in [0.2, 0.25) is 0 Å². The SMILES string of the molecule is CC(=O)C(CCCl)Cc1nc(C)c(C)s1. The number of carbonyl (C=O) groups excluding carboxylic acids is 1. The summed E-state index contributed by atoms with van der Waals surface area (Å²) in [4.78, 5) is 17.0. The van der Waals surface area contributed by atoms with E-state index < -0.39 is 0 Å². The highest BCUT2D eigenvalue weighted by Gasteiger charge is 2.16. The monoisotopic (exact) mass is 245 g/mol. The van der Waals surface area contributed by atoms with Gasteiger partial charge in [-0.1, -0.05) is 0 Å². The molecule has 0 saturated heterocycles. The fraction of sp³-hybridized carbons (Fsp3) is 0.636. The van der Waals surface area contributed by atoms with E-state index >= 15 is 0 Å². The van der Waals surface area contributed by atoms with E-state index in [0.717, 1.165) is 23.5 Å². The van der Waals surface area contributed by atoms with Crippen LogP contribution in [0.1, 0.15) is 28.9 Å². The van der Waals surface area contributed by atoms with E-state index in [1.54, 1.807) is 18.3 Å². The number of Topliss-reactive ketones (excluding diaryl/α,β-unsaturated/α-hetero) is 1. The summed E-state index contributed by atoms with van der Waals surface area (Å²) in [6.45, 7) is 5.69. The number of nitrogens with zero attached hydrogens (tertiary/aromatic N) is 1. The minimum absolute atomic E-state index is 0.0347. The van der Waals surface area contributed by atoms with Crippen molar-refractivity contribution in [3.63, 3.8) is 0 Å². The van der Waals surface area contributed by atoms with E-state index in [0.29, 0.717) is 5.88 Å². The van der Waals surface area contributed by atoms with Crippen molar-refractivity contribution in [2.75, 3.05) is 5.88 Å². The summed E-state index contributed by atoms with van der Waals surface area (Å²) >= 11 is 7.35. The van der Waals surface area contributed by atoms with Crippen LogP contribution in [-0.4, -0.2) is 16.6 Å². The van der Waals surface area contributed by atoms with E-state index in [4.69, 9.17) is 11.6 Å². The lowest BCUT2D eigenvalue weighted by Crippen LogP contribution is -2.14. The van der Waals surface area contributed by atoms with Crippen LogP contribution in [0.15, 0.2) is 0 Å². The molecule has 0 aliphatic rings. The van der Waals surface area contributed by atoms with Gasteiger partial charge in [0.15, 0.2) is 0 Å². The zero-order chi connectivity index (χ0) is 11.4. The Morgan fingerprint density at radius 3 is 2.60 bits per heavy atom. The zero-order valence-corrected chi connectivity index (χ0v) is 10.9. The Hall–Kier alpha value is -0.410. The first-order valence-corrected chi connectivity index (χ1v) is 6.39. The Labute approximate surface area is 99.7 Å². The van der Waals surface area contributed by atoms with Crippen LogP contribution >= 0.6 is 22.9 Å². The second kappa shape index (κ2) is 5.61. The summed E-state index contributed by atoms with van der Waals surface area (Å²) in [5.74, 6) is 0.779. The number of ketones is 1. The highest BCUT2D eigenvalue weighted by atomic mass is 35.5. The predicted octanol–water partition coefficient (Wildman–Crippen LogP) is 3.14. The molecule has 0 N–H and O–H groups in total. The van der Waals surface area contributed by atoms with Crippen molar-refractivity contribution in [1.29, 1.82) is 0 Å². The Morgan fingerprint density at radius 2 is 2.20 bits per heavy atom. The van der Waals surface area contributed by atoms with Crippen molar-refractivity contribution in [2.45, 2.75) is 33.6 Å². The molecular weight excluding hydrogens is 230 g/mol. The Kier molecular flexibility index (Phi) is 4.74. The molecule has 84 valence electrons.